The molecular weight excluding hydrogens is 434 g/mol. The van der Waals surface area contributed by atoms with Crippen molar-refractivity contribution in [3.8, 4) is 5.75 Å². The molecule has 1 aromatic carbocycles. The van der Waals surface area contributed by atoms with Crippen molar-refractivity contribution in [2.24, 2.45) is 0 Å². The number of carbonyl (C=O) groups is 1. The van der Waals surface area contributed by atoms with Crippen molar-refractivity contribution in [2.45, 2.75) is 32.4 Å². The monoisotopic (exact) mass is 471 g/mol. The fraction of sp³-hybridized carbons (Fsp3) is 0.600. The van der Waals surface area contributed by atoms with Crippen LogP contribution in [0, 0.1) is 0 Å². The largest absolute Gasteiger partial charge is 0.497 e. The van der Waals surface area contributed by atoms with E-state index in [9.17, 15) is 9.90 Å². The second-order valence-electron chi connectivity index (χ2n) is 9.13. The molecule has 9 nitrogen and oxygen atoms in total. The van der Waals surface area contributed by atoms with E-state index in [1.807, 2.05) is 23.1 Å². The van der Waals surface area contributed by atoms with Gasteiger partial charge >= 0.3 is 0 Å². The summed E-state index contributed by atoms with van der Waals surface area (Å²) in [6.45, 7) is 9.89. The van der Waals surface area contributed by atoms with Gasteiger partial charge in [-0.1, -0.05) is 19.4 Å². The van der Waals surface area contributed by atoms with Crippen LogP contribution in [0.5, 0.6) is 5.75 Å². The van der Waals surface area contributed by atoms with Crippen LogP contribution in [0.3, 0.4) is 0 Å². The maximum absolute atomic E-state index is 13.0. The fourth-order valence-electron chi connectivity index (χ4n) is 4.66. The molecule has 1 aromatic heterocycles. The van der Waals surface area contributed by atoms with Crippen LogP contribution >= 0.6 is 0 Å². The molecule has 1 N–H and O–H groups in total. The Morgan fingerprint density at radius 1 is 1.12 bits per heavy atom. The van der Waals surface area contributed by atoms with Gasteiger partial charge in [0.25, 0.3) is 5.91 Å². The number of anilines is 1. The Bertz CT molecular complexity index is 920. The minimum atomic E-state index is -0.241. The fourth-order valence-corrected chi connectivity index (χ4v) is 4.66. The van der Waals surface area contributed by atoms with Crippen LogP contribution in [0.25, 0.3) is 0 Å². The number of methoxy groups -OCH3 is 1. The molecule has 2 fully saturated rings. The van der Waals surface area contributed by atoms with Crippen LogP contribution in [0.1, 0.15) is 36.1 Å². The lowest BCUT2D eigenvalue weighted by Crippen LogP contribution is -2.49. The highest BCUT2D eigenvalue weighted by Crippen LogP contribution is 2.22. The Morgan fingerprint density at radius 2 is 1.85 bits per heavy atom. The summed E-state index contributed by atoms with van der Waals surface area (Å²) >= 11 is 0. The number of β-amino-alcohol motifs (C(OH)–C–C–N with tert-alkyl or cyclic N) is 1. The number of hydrogen-bond acceptors (Lipinski definition) is 8. The molecule has 0 bridgehead atoms. The molecule has 1 amide bonds. The number of benzene rings is 1. The molecule has 0 spiro atoms. The molecule has 2 aromatic rings. The molecule has 9 heteroatoms. The first-order valence-corrected chi connectivity index (χ1v) is 12.3. The van der Waals surface area contributed by atoms with Crippen molar-refractivity contribution in [1.29, 1.82) is 0 Å². The first-order valence-electron chi connectivity index (χ1n) is 12.3. The van der Waals surface area contributed by atoms with Crippen molar-refractivity contribution in [3.05, 3.63) is 42.1 Å². The lowest BCUT2D eigenvalue weighted by atomic mass is 10.2. The topological polar surface area (TPSA) is 85.5 Å². The summed E-state index contributed by atoms with van der Waals surface area (Å²) < 4.78 is 11.0. The first-order chi connectivity index (χ1) is 16.6. The van der Waals surface area contributed by atoms with Gasteiger partial charge in [0.05, 0.1) is 19.8 Å². The highest BCUT2D eigenvalue weighted by atomic mass is 16.5. The number of aromatic nitrogens is 1. The maximum Gasteiger partial charge on any atom is 0.275 e. The average molecular weight is 472 g/mol. The minimum absolute atomic E-state index is 0.0741. The molecule has 0 saturated carbocycles. The number of amides is 1. The first kappa shape index (κ1) is 24.5. The van der Waals surface area contributed by atoms with Crippen LogP contribution in [-0.4, -0.2) is 103 Å². The van der Waals surface area contributed by atoms with E-state index in [1.165, 1.54) is 6.26 Å². The number of aliphatic hydroxyl groups excluding tert-OH is 1. The lowest BCUT2D eigenvalue weighted by Gasteiger charge is -2.35. The smallest absolute Gasteiger partial charge is 0.275 e. The Kier molecular flexibility index (Phi) is 8.42. The van der Waals surface area contributed by atoms with E-state index in [0.29, 0.717) is 31.2 Å². The van der Waals surface area contributed by atoms with Gasteiger partial charge < -0.3 is 24.1 Å². The van der Waals surface area contributed by atoms with E-state index in [2.05, 4.69) is 32.7 Å². The molecule has 0 aliphatic carbocycles. The number of nitrogens with zero attached hydrogens (tertiary/aromatic N) is 5. The highest BCUT2D eigenvalue weighted by molar-refractivity contribution is 5.92. The summed E-state index contributed by atoms with van der Waals surface area (Å²) in [6, 6.07) is 8.01. The number of piperazine rings is 2. The summed E-state index contributed by atoms with van der Waals surface area (Å²) in [5.41, 5.74) is 1.49. The van der Waals surface area contributed by atoms with Crippen LogP contribution in [0.4, 0.5) is 5.69 Å². The summed E-state index contributed by atoms with van der Waals surface area (Å²) in [5, 5.41) is 10.0. The summed E-state index contributed by atoms with van der Waals surface area (Å²) in [5.74, 6) is 1.34. The molecule has 34 heavy (non-hydrogen) atoms. The molecular formula is C25H37N5O4. The number of hydrogen-bond donors (Lipinski definition) is 1. The molecule has 0 unspecified atom stereocenters. The Hall–Kier alpha value is -2.62. The van der Waals surface area contributed by atoms with Crippen molar-refractivity contribution >= 4 is 11.6 Å². The number of oxazole rings is 1. The Labute approximate surface area is 201 Å². The SMILES string of the molecule is CCC[C@H](O)CN1CCN(Cc2nc(C(=O)N3CCN(c4cccc(OC)c4)CC3)co2)CC1. The third-order valence-corrected chi connectivity index (χ3v) is 6.67. The Morgan fingerprint density at radius 3 is 2.56 bits per heavy atom. The van der Waals surface area contributed by atoms with E-state index in [0.717, 1.165) is 70.1 Å². The van der Waals surface area contributed by atoms with E-state index in [1.54, 1.807) is 7.11 Å². The number of carbonyl (C=O) groups excluding carboxylic acids is 1. The summed E-state index contributed by atoms with van der Waals surface area (Å²) in [7, 11) is 1.67. The second kappa shape index (κ2) is 11.7. The molecule has 4 rings (SSSR count). The molecule has 2 aliphatic rings. The summed E-state index contributed by atoms with van der Waals surface area (Å²) in [6.07, 6.45) is 3.10. The predicted octanol–water partition coefficient (Wildman–Crippen LogP) is 1.92. The molecule has 186 valence electrons. The lowest BCUT2D eigenvalue weighted by molar-refractivity contribution is 0.0634. The molecule has 2 aliphatic heterocycles. The second-order valence-corrected chi connectivity index (χ2v) is 9.13. The normalized spacial score (nSPS) is 18.8. The van der Waals surface area contributed by atoms with Crippen LogP contribution in [0.2, 0.25) is 0 Å². The third-order valence-electron chi connectivity index (χ3n) is 6.67. The van der Waals surface area contributed by atoms with Gasteiger partial charge in [0.2, 0.25) is 5.89 Å². The zero-order valence-electron chi connectivity index (χ0n) is 20.4. The van der Waals surface area contributed by atoms with Crippen LogP contribution in [0.15, 0.2) is 34.9 Å². The van der Waals surface area contributed by atoms with Crippen LogP contribution in [-0.2, 0) is 6.54 Å². The number of aliphatic hydroxyl groups is 1. The molecule has 1 atom stereocenters. The quantitative estimate of drug-likeness (QED) is 0.594. The minimum Gasteiger partial charge on any atom is -0.497 e. The standard InChI is InChI=1S/C25H37N5O4/c1-3-5-21(31)17-27-8-10-28(11-9-27)18-24-26-23(19-34-24)25(32)30-14-12-29(13-15-30)20-6-4-7-22(16-20)33-2/h4,6-7,16,19,21,31H,3,5,8-15,17-18H2,1-2H3/t21-/m0/s1. The van der Waals surface area contributed by atoms with Gasteiger partial charge in [0.1, 0.15) is 12.0 Å². The zero-order chi connectivity index (χ0) is 23.9. The van der Waals surface area contributed by atoms with Crippen molar-refractivity contribution in [1.82, 2.24) is 19.7 Å². The summed E-state index contributed by atoms with van der Waals surface area (Å²) in [4.78, 5) is 26.2. The van der Waals surface area contributed by atoms with Gasteiger partial charge in [0.15, 0.2) is 5.69 Å². The third kappa shape index (κ3) is 6.28. The molecule has 2 saturated heterocycles. The van der Waals surface area contributed by atoms with Crippen molar-refractivity contribution in [3.63, 3.8) is 0 Å². The van der Waals surface area contributed by atoms with Gasteiger partial charge in [-0.15, -0.1) is 0 Å². The van der Waals surface area contributed by atoms with Crippen molar-refractivity contribution < 1.29 is 19.1 Å². The van der Waals surface area contributed by atoms with E-state index in [-0.39, 0.29) is 12.0 Å². The van der Waals surface area contributed by atoms with Gasteiger partial charge in [-0.2, -0.15) is 0 Å². The Balaban J connectivity index is 1.23. The molecule has 0 radical (unpaired) electrons. The van der Waals surface area contributed by atoms with Gasteiger partial charge in [0, 0.05) is 70.7 Å². The van der Waals surface area contributed by atoms with E-state index >= 15 is 0 Å². The van der Waals surface area contributed by atoms with Crippen LogP contribution < -0.4 is 9.64 Å². The average Bonchev–Trinajstić information content (AvgIpc) is 3.33. The maximum atomic E-state index is 13.0. The molecule has 3 heterocycles. The van der Waals surface area contributed by atoms with Gasteiger partial charge in [-0.05, 0) is 18.6 Å². The van der Waals surface area contributed by atoms with Gasteiger partial charge in [-0.3, -0.25) is 14.6 Å². The van der Waals surface area contributed by atoms with E-state index < -0.39 is 0 Å². The zero-order valence-corrected chi connectivity index (χ0v) is 20.4. The predicted molar refractivity (Wildman–Crippen MR) is 130 cm³/mol. The number of rotatable bonds is 9. The van der Waals surface area contributed by atoms with Crippen molar-refractivity contribution in [2.75, 3.05) is 70.9 Å². The highest BCUT2D eigenvalue weighted by Gasteiger charge is 2.26. The van der Waals surface area contributed by atoms with Gasteiger partial charge in [-0.25, -0.2) is 4.98 Å². The van der Waals surface area contributed by atoms with E-state index in [4.69, 9.17) is 9.15 Å². The number of ether oxygens (including phenoxy) is 1.